The lowest BCUT2D eigenvalue weighted by Gasteiger charge is -2.03. The summed E-state index contributed by atoms with van der Waals surface area (Å²) < 4.78 is 5.15. The van der Waals surface area contributed by atoms with Crippen molar-refractivity contribution < 1.29 is 14.3 Å². The molecule has 1 aromatic carbocycles. The Morgan fingerprint density at radius 2 is 1.88 bits per heavy atom. The highest BCUT2D eigenvalue weighted by Crippen LogP contribution is 2.13. The van der Waals surface area contributed by atoms with Gasteiger partial charge < -0.3 is 10.5 Å². The van der Waals surface area contributed by atoms with Gasteiger partial charge in [0.1, 0.15) is 5.75 Å². The third-order valence-electron chi connectivity index (χ3n) is 2.96. The summed E-state index contributed by atoms with van der Waals surface area (Å²) in [5, 5.41) is 4.46. The van der Waals surface area contributed by atoms with Gasteiger partial charge >= 0.3 is 0 Å². The first-order chi connectivity index (χ1) is 12.4. The van der Waals surface area contributed by atoms with E-state index in [4.69, 9.17) is 10.5 Å². The third-order valence-corrected chi connectivity index (χ3v) is 3.81. The van der Waals surface area contributed by atoms with Crippen LogP contribution in [0.3, 0.4) is 0 Å². The normalized spacial score (nSPS) is 10.7. The molecule has 1 aromatic heterocycles. The number of carbonyl (C=O) groups excluding carboxylic acids is 2. The predicted octanol–water partition coefficient (Wildman–Crippen LogP) is 1.20. The largest absolute Gasteiger partial charge is 0.484 e. The summed E-state index contributed by atoms with van der Waals surface area (Å²) in [4.78, 5) is 31.0. The lowest BCUT2D eigenvalue weighted by atomic mass is 10.2. The van der Waals surface area contributed by atoms with Gasteiger partial charge in [0.25, 0.3) is 11.8 Å². The maximum Gasteiger partial charge on any atom is 0.255 e. The van der Waals surface area contributed by atoms with Gasteiger partial charge in [-0.25, -0.2) is 15.4 Å². The summed E-state index contributed by atoms with van der Waals surface area (Å²) in [6.45, 7) is 3.59. The maximum absolute atomic E-state index is 11.8. The first-order valence-electron chi connectivity index (χ1n) is 7.70. The molecule has 0 aliphatic heterocycles. The fourth-order valence-electron chi connectivity index (χ4n) is 1.90. The van der Waals surface area contributed by atoms with Gasteiger partial charge in [-0.15, -0.1) is 0 Å². The van der Waals surface area contributed by atoms with Crippen molar-refractivity contribution in [2.75, 3.05) is 12.4 Å². The Balaban J connectivity index is 1.78. The van der Waals surface area contributed by atoms with Crippen LogP contribution in [0.4, 0.5) is 0 Å². The van der Waals surface area contributed by atoms with Crippen molar-refractivity contribution in [3.05, 3.63) is 47.3 Å². The predicted molar refractivity (Wildman–Crippen MR) is 99.1 cm³/mol. The van der Waals surface area contributed by atoms with Gasteiger partial charge in [0.15, 0.2) is 11.8 Å². The number of benzene rings is 1. The number of amides is 2. The zero-order valence-electron chi connectivity index (χ0n) is 14.4. The van der Waals surface area contributed by atoms with Crippen molar-refractivity contribution >= 4 is 29.8 Å². The van der Waals surface area contributed by atoms with E-state index in [9.17, 15) is 9.59 Å². The van der Waals surface area contributed by atoms with Gasteiger partial charge in [0, 0.05) is 11.4 Å². The molecule has 0 saturated heterocycles. The molecule has 1 heterocycles. The monoisotopic (exact) mass is 373 g/mol. The van der Waals surface area contributed by atoms with Crippen LogP contribution in [-0.2, 0) is 9.59 Å². The number of nitrogens with zero attached hydrogens (tertiary/aromatic N) is 3. The Bertz CT molecular complexity index is 788. The minimum Gasteiger partial charge on any atom is -0.484 e. The number of hydrazone groups is 1. The molecule has 0 fully saturated rings. The number of rotatable bonds is 8. The van der Waals surface area contributed by atoms with Crippen LogP contribution in [0.25, 0.3) is 0 Å². The van der Waals surface area contributed by atoms with Crippen LogP contribution in [0, 0.1) is 13.8 Å². The van der Waals surface area contributed by atoms with Gasteiger partial charge in [-0.3, -0.25) is 9.59 Å². The summed E-state index contributed by atoms with van der Waals surface area (Å²) in [6, 6.07) is 8.71. The second-order valence-corrected chi connectivity index (χ2v) is 6.28. The molecule has 0 radical (unpaired) electrons. The molecule has 0 bridgehead atoms. The van der Waals surface area contributed by atoms with Crippen molar-refractivity contribution in [1.82, 2.24) is 15.4 Å². The van der Waals surface area contributed by atoms with Gasteiger partial charge in [0.2, 0.25) is 0 Å². The van der Waals surface area contributed by atoms with E-state index >= 15 is 0 Å². The Labute approximate surface area is 155 Å². The Kier molecular flexibility index (Phi) is 7.10. The summed E-state index contributed by atoms with van der Waals surface area (Å²) >= 11 is 1.25. The smallest absolute Gasteiger partial charge is 0.255 e. The highest BCUT2D eigenvalue weighted by Gasteiger charge is 2.05. The van der Waals surface area contributed by atoms with E-state index < -0.39 is 5.91 Å². The molecule has 136 valence electrons. The van der Waals surface area contributed by atoms with Crippen LogP contribution in [0.1, 0.15) is 17.0 Å². The molecular formula is C17H19N5O3S. The van der Waals surface area contributed by atoms with E-state index in [0.29, 0.717) is 10.9 Å². The number of primary amides is 1. The Morgan fingerprint density at radius 1 is 1.23 bits per heavy atom. The van der Waals surface area contributed by atoms with Gasteiger partial charge in [0.05, 0.1) is 12.0 Å². The van der Waals surface area contributed by atoms with Crippen molar-refractivity contribution in [3.8, 4) is 5.75 Å². The van der Waals surface area contributed by atoms with E-state index in [1.54, 1.807) is 24.3 Å². The van der Waals surface area contributed by atoms with Crippen LogP contribution in [-0.4, -0.2) is 40.4 Å². The number of hydrogen-bond acceptors (Lipinski definition) is 7. The van der Waals surface area contributed by atoms with Crippen molar-refractivity contribution in [3.63, 3.8) is 0 Å². The summed E-state index contributed by atoms with van der Waals surface area (Å²) in [6.07, 6.45) is 1.51. The molecule has 2 amide bonds. The minimum atomic E-state index is -0.539. The average Bonchev–Trinajstić information content (AvgIpc) is 2.58. The molecule has 2 rings (SSSR count). The van der Waals surface area contributed by atoms with Crippen molar-refractivity contribution in [2.45, 2.75) is 19.0 Å². The van der Waals surface area contributed by atoms with Gasteiger partial charge in [-0.05, 0) is 49.7 Å². The highest BCUT2D eigenvalue weighted by molar-refractivity contribution is 7.99. The molecule has 0 aliphatic rings. The molecular weight excluding hydrogens is 354 g/mol. The molecule has 0 unspecified atom stereocenters. The van der Waals surface area contributed by atoms with E-state index in [-0.39, 0.29) is 18.3 Å². The Morgan fingerprint density at radius 3 is 2.50 bits per heavy atom. The molecule has 0 aliphatic carbocycles. The van der Waals surface area contributed by atoms with E-state index in [0.717, 1.165) is 17.0 Å². The molecule has 26 heavy (non-hydrogen) atoms. The van der Waals surface area contributed by atoms with E-state index in [1.807, 2.05) is 19.9 Å². The number of nitrogens with one attached hydrogen (secondary N) is 1. The number of thioether (sulfide) groups is 1. The fourth-order valence-corrected chi connectivity index (χ4v) is 2.65. The number of nitrogens with two attached hydrogens (primary N) is 1. The number of aromatic nitrogens is 2. The first kappa shape index (κ1) is 19.4. The highest BCUT2D eigenvalue weighted by atomic mass is 32.2. The quantitative estimate of drug-likeness (QED) is 0.310. The molecule has 0 saturated carbocycles. The zero-order valence-corrected chi connectivity index (χ0v) is 15.2. The SMILES string of the molecule is Cc1cc(C)nc(SCC(=O)N/N=C\c2ccc(OCC(N)=O)cc2)n1. The van der Waals surface area contributed by atoms with Crippen molar-refractivity contribution in [2.24, 2.45) is 10.8 Å². The van der Waals surface area contributed by atoms with Crippen LogP contribution >= 0.6 is 11.8 Å². The van der Waals surface area contributed by atoms with Crippen LogP contribution < -0.4 is 15.9 Å². The van der Waals surface area contributed by atoms with Crippen LogP contribution in [0.5, 0.6) is 5.75 Å². The molecule has 8 nitrogen and oxygen atoms in total. The maximum atomic E-state index is 11.8. The summed E-state index contributed by atoms with van der Waals surface area (Å²) in [5.41, 5.74) is 9.94. The third kappa shape index (κ3) is 6.89. The van der Waals surface area contributed by atoms with Gasteiger partial charge in [-0.1, -0.05) is 11.8 Å². The first-order valence-corrected chi connectivity index (χ1v) is 8.69. The second-order valence-electron chi connectivity index (χ2n) is 5.34. The van der Waals surface area contributed by atoms with Crippen LogP contribution in [0.2, 0.25) is 0 Å². The number of carbonyl (C=O) groups is 2. The summed E-state index contributed by atoms with van der Waals surface area (Å²) in [5.74, 6) is -0.104. The standard InChI is InChI=1S/C17H19N5O3S/c1-11-7-12(2)21-17(20-11)26-10-16(24)22-19-8-13-3-5-14(6-4-13)25-9-15(18)23/h3-8H,9-10H2,1-2H3,(H2,18,23)(H,22,24)/b19-8-. The van der Waals surface area contributed by atoms with Gasteiger partial charge in [-0.2, -0.15) is 5.10 Å². The molecule has 2 aromatic rings. The molecule has 0 spiro atoms. The fraction of sp³-hybridized carbons (Fsp3) is 0.235. The molecule has 3 N–H and O–H groups in total. The number of hydrogen-bond donors (Lipinski definition) is 2. The second kappa shape index (κ2) is 9.52. The average molecular weight is 373 g/mol. The van der Waals surface area contributed by atoms with Crippen LogP contribution in [0.15, 0.2) is 40.6 Å². The topological polar surface area (TPSA) is 120 Å². The summed E-state index contributed by atoms with van der Waals surface area (Å²) in [7, 11) is 0. The molecule has 9 heteroatoms. The zero-order chi connectivity index (χ0) is 18.9. The lowest BCUT2D eigenvalue weighted by molar-refractivity contribution is -0.120. The Hall–Kier alpha value is -2.94. The molecule has 0 atom stereocenters. The lowest BCUT2D eigenvalue weighted by Crippen LogP contribution is -2.20. The van der Waals surface area contributed by atoms with E-state index in [1.165, 1.54) is 18.0 Å². The van der Waals surface area contributed by atoms with Crippen molar-refractivity contribution in [1.29, 1.82) is 0 Å². The number of ether oxygens (including phenoxy) is 1. The minimum absolute atomic E-state index is 0.167. The van der Waals surface area contributed by atoms with E-state index in [2.05, 4.69) is 20.5 Å². The number of aryl methyl sites for hydroxylation is 2.